The molecule has 3 N–H and O–H groups in total. The number of hydrogen-bond donors (Lipinski definition) is 2. The Morgan fingerprint density at radius 1 is 1.56 bits per heavy atom. The largest absolute Gasteiger partial charge is 0.353 e. The Hall–Kier alpha value is -1.57. The van der Waals surface area contributed by atoms with E-state index in [-0.39, 0.29) is 6.54 Å². The van der Waals surface area contributed by atoms with Crippen LogP contribution < -0.4 is 11.1 Å². The second-order valence-electron chi connectivity index (χ2n) is 3.25. The summed E-state index contributed by atoms with van der Waals surface area (Å²) >= 11 is 5.99. The fraction of sp³-hybridized carbons (Fsp3) is 0.273. The van der Waals surface area contributed by atoms with Gasteiger partial charge >= 0.3 is 0 Å². The summed E-state index contributed by atoms with van der Waals surface area (Å²) in [5.41, 5.74) is 6.18. The number of amides is 1. The highest BCUT2D eigenvalue weighted by Gasteiger charge is 2.23. The number of rotatable bonds is 5. The number of carbonyl (C=O) groups is 1. The Balaban J connectivity index is 3.02. The lowest BCUT2D eigenvalue weighted by Crippen LogP contribution is -2.40. The molecule has 2 atom stereocenters. The minimum Gasteiger partial charge on any atom is -0.353 e. The van der Waals surface area contributed by atoms with E-state index in [4.69, 9.17) is 22.6 Å². The van der Waals surface area contributed by atoms with Crippen molar-refractivity contribution in [1.29, 1.82) is 5.26 Å². The Morgan fingerprint density at radius 3 is 2.75 bits per heavy atom. The molecular weight excluding hydrogens is 226 g/mol. The van der Waals surface area contributed by atoms with E-state index >= 15 is 0 Å². The average Bonchev–Trinajstić information content (AvgIpc) is 2.31. The Bertz CT molecular complexity index is 402. The van der Waals surface area contributed by atoms with Crippen LogP contribution >= 0.6 is 11.6 Å². The van der Waals surface area contributed by atoms with E-state index in [2.05, 4.69) is 11.4 Å². The van der Waals surface area contributed by atoms with Crippen molar-refractivity contribution in [1.82, 2.24) is 5.32 Å². The van der Waals surface area contributed by atoms with Crippen molar-refractivity contribution in [2.24, 2.45) is 5.73 Å². The molecule has 4 nitrogen and oxygen atoms in total. The number of halogens is 1. The highest BCUT2D eigenvalue weighted by Crippen LogP contribution is 2.26. The van der Waals surface area contributed by atoms with Gasteiger partial charge in [0.15, 0.2) is 0 Å². The summed E-state index contributed by atoms with van der Waals surface area (Å²) in [5, 5.41) is 12.1. The van der Waals surface area contributed by atoms with E-state index < -0.39 is 12.0 Å². The molecule has 1 aromatic rings. The van der Waals surface area contributed by atoms with E-state index in [9.17, 15) is 4.79 Å². The van der Waals surface area contributed by atoms with Gasteiger partial charge in [-0.25, -0.2) is 0 Å². The Labute approximate surface area is 99.0 Å². The standard InChI is InChI=1S/C11H12ClN3O/c12-10-4-2-1-3-8(10)9(5-13)11(6-14)15-7-16/h1-4,7,9,11H,6,14H2,(H,15,16). The quantitative estimate of drug-likeness (QED) is 0.751. The van der Waals surface area contributed by atoms with Gasteiger partial charge in [-0.2, -0.15) is 5.26 Å². The molecule has 16 heavy (non-hydrogen) atoms. The molecule has 0 aliphatic rings. The maximum absolute atomic E-state index is 10.4. The second kappa shape index (κ2) is 6.11. The van der Waals surface area contributed by atoms with Crippen LogP contribution in [0, 0.1) is 11.3 Å². The molecule has 0 bridgehead atoms. The number of nitrogens with two attached hydrogens (primary N) is 1. The normalized spacial score (nSPS) is 13.6. The summed E-state index contributed by atoms with van der Waals surface area (Å²) in [6, 6.07) is 8.71. The molecule has 84 valence electrons. The number of carbonyl (C=O) groups excluding carboxylic acids is 1. The van der Waals surface area contributed by atoms with Crippen LogP contribution in [-0.4, -0.2) is 19.0 Å². The van der Waals surface area contributed by atoms with Crippen LogP contribution in [0.15, 0.2) is 24.3 Å². The van der Waals surface area contributed by atoms with Gasteiger partial charge in [-0.1, -0.05) is 29.8 Å². The molecule has 2 unspecified atom stereocenters. The monoisotopic (exact) mass is 237 g/mol. The minimum atomic E-state index is -0.538. The van der Waals surface area contributed by atoms with Gasteiger partial charge in [-0.15, -0.1) is 0 Å². The summed E-state index contributed by atoms with van der Waals surface area (Å²) in [7, 11) is 0. The third kappa shape index (κ3) is 2.72. The molecule has 0 aliphatic heterocycles. The molecule has 0 spiro atoms. The van der Waals surface area contributed by atoms with Crippen LogP contribution in [0.4, 0.5) is 0 Å². The molecule has 0 saturated heterocycles. The van der Waals surface area contributed by atoms with Gasteiger partial charge in [0, 0.05) is 11.6 Å². The van der Waals surface area contributed by atoms with Gasteiger partial charge in [0.05, 0.1) is 18.0 Å². The predicted molar refractivity (Wildman–Crippen MR) is 61.8 cm³/mol. The lowest BCUT2D eigenvalue weighted by Gasteiger charge is -2.20. The van der Waals surface area contributed by atoms with Crippen molar-refractivity contribution in [3.63, 3.8) is 0 Å². The molecule has 0 aromatic heterocycles. The number of benzene rings is 1. The van der Waals surface area contributed by atoms with Crippen molar-refractivity contribution >= 4 is 18.0 Å². The van der Waals surface area contributed by atoms with Crippen molar-refractivity contribution in [3.8, 4) is 6.07 Å². The van der Waals surface area contributed by atoms with Gasteiger partial charge < -0.3 is 11.1 Å². The zero-order valence-electron chi connectivity index (χ0n) is 8.56. The zero-order chi connectivity index (χ0) is 12.0. The third-order valence-corrected chi connectivity index (χ3v) is 2.66. The van der Waals surface area contributed by atoms with Crippen LogP contribution in [0.5, 0.6) is 0 Å². The smallest absolute Gasteiger partial charge is 0.207 e. The number of hydrogen-bond acceptors (Lipinski definition) is 3. The highest BCUT2D eigenvalue weighted by atomic mass is 35.5. The molecule has 0 fully saturated rings. The third-order valence-electron chi connectivity index (χ3n) is 2.32. The average molecular weight is 238 g/mol. The number of nitriles is 1. The second-order valence-corrected chi connectivity index (χ2v) is 3.66. The summed E-state index contributed by atoms with van der Waals surface area (Å²) in [4.78, 5) is 10.4. The number of nitrogens with one attached hydrogen (secondary N) is 1. The summed E-state index contributed by atoms with van der Waals surface area (Å²) < 4.78 is 0. The SMILES string of the molecule is N#CC(c1ccccc1Cl)C(CN)NC=O. The maximum atomic E-state index is 10.4. The summed E-state index contributed by atoms with van der Waals surface area (Å²) in [5.74, 6) is -0.538. The maximum Gasteiger partial charge on any atom is 0.207 e. The van der Waals surface area contributed by atoms with Crippen molar-refractivity contribution in [2.75, 3.05) is 6.54 Å². The molecule has 0 radical (unpaired) electrons. The summed E-state index contributed by atoms with van der Waals surface area (Å²) in [6.45, 7) is 0.183. The first kappa shape index (κ1) is 12.5. The molecule has 0 aliphatic carbocycles. The molecule has 5 heteroatoms. The topological polar surface area (TPSA) is 78.9 Å². The predicted octanol–water partition coefficient (Wildman–Crippen LogP) is 1.02. The van der Waals surface area contributed by atoms with Crippen molar-refractivity contribution < 1.29 is 4.79 Å². The van der Waals surface area contributed by atoms with Gasteiger partial charge in [0.25, 0.3) is 0 Å². The van der Waals surface area contributed by atoms with E-state index in [1.165, 1.54) is 0 Å². The lowest BCUT2D eigenvalue weighted by molar-refractivity contribution is -0.110. The van der Waals surface area contributed by atoms with Crippen molar-refractivity contribution in [3.05, 3.63) is 34.9 Å². The lowest BCUT2D eigenvalue weighted by atomic mass is 9.93. The van der Waals surface area contributed by atoms with E-state index in [1.807, 2.05) is 0 Å². The Kier molecular flexibility index (Phi) is 4.77. The van der Waals surface area contributed by atoms with Crippen LogP contribution in [0.25, 0.3) is 0 Å². The van der Waals surface area contributed by atoms with Gasteiger partial charge in [0.2, 0.25) is 6.41 Å². The van der Waals surface area contributed by atoms with E-state index in [1.54, 1.807) is 24.3 Å². The number of nitrogens with zero attached hydrogens (tertiary/aromatic N) is 1. The van der Waals surface area contributed by atoms with Gasteiger partial charge in [-0.05, 0) is 11.6 Å². The van der Waals surface area contributed by atoms with Crippen LogP contribution in [0.1, 0.15) is 11.5 Å². The van der Waals surface area contributed by atoms with Crippen LogP contribution in [-0.2, 0) is 4.79 Å². The van der Waals surface area contributed by atoms with Crippen LogP contribution in [0.3, 0.4) is 0 Å². The molecule has 1 amide bonds. The van der Waals surface area contributed by atoms with Gasteiger partial charge in [0.1, 0.15) is 0 Å². The molecule has 0 heterocycles. The Morgan fingerprint density at radius 2 is 2.25 bits per heavy atom. The first-order valence-electron chi connectivity index (χ1n) is 4.78. The minimum absolute atomic E-state index is 0.183. The van der Waals surface area contributed by atoms with E-state index in [0.717, 1.165) is 0 Å². The van der Waals surface area contributed by atoms with E-state index in [0.29, 0.717) is 17.0 Å². The van der Waals surface area contributed by atoms with Gasteiger partial charge in [-0.3, -0.25) is 4.79 Å². The summed E-state index contributed by atoms with van der Waals surface area (Å²) in [6.07, 6.45) is 0.540. The van der Waals surface area contributed by atoms with Crippen LogP contribution in [0.2, 0.25) is 5.02 Å². The fourth-order valence-corrected chi connectivity index (χ4v) is 1.74. The fourth-order valence-electron chi connectivity index (χ4n) is 1.49. The molecule has 0 saturated carbocycles. The molecule has 1 rings (SSSR count). The first-order valence-corrected chi connectivity index (χ1v) is 5.16. The molecule has 1 aromatic carbocycles. The van der Waals surface area contributed by atoms with Crippen molar-refractivity contribution in [2.45, 2.75) is 12.0 Å². The highest BCUT2D eigenvalue weighted by molar-refractivity contribution is 6.31. The first-order chi connectivity index (χ1) is 7.74. The molecular formula is C11H12ClN3O. The zero-order valence-corrected chi connectivity index (χ0v) is 9.32.